The van der Waals surface area contributed by atoms with E-state index in [-0.39, 0.29) is 46.3 Å². The van der Waals surface area contributed by atoms with Crippen LogP contribution in [0.3, 0.4) is 0 Å². The molecule has 2 aliphatic rings. The van der Waals surface area contributed by atoms with Crippen molar-refractivity contribution in [3.05, 3.63) is 70.5 Å². The molecule has 2 fully saturated rings. The summed E-state index contributed by atoms with van der Waals surface area (Å²) in [6.07, 6.45) is 4.85. The van der Waals surface area contributed by atoms with E-state index in [0.717, 1.165) is 6.07 Å². The number of halogens is 4. The molecule has 0 heterocycles. The Bertz CT molecular complexity index is 1400. The van der Waals surface area contributed by atoms with Gasteiger partial charge < -0.3 is 15.7 Å². The predicted molar refractivity (Wildman–Crippen MR) is 140 cm³/mol. The van der Waals surface area contributed by atoms with Crippen molar-refractivity contribution in [2.45, 2.75) is 54.8 Å². The van der Waals surface area contributed by atoms with Crippen molar-refractivity contribution in [1.82, 2.24) is 5.32 Å². The molecule has 7 nitrogen and oxygen atoms in total. The van der Waals surface area contributed by atoms with Gasteiger partial charge in [-0.2, -0.15) is 0 Å². The molecular weight excluding hydrogens is 557 g/mol. The molecule has 4 atom stereocenters. The van der Waals surface area contributed by atoms with E-state index < -0.39 is 55.9 Å². The first-order valence-electron chi connectivity index (χ1n) is 12.5. The number of hydrogen-bond acceptors (Lipinski definition) is 5. The van der Waals surface area contributed by atoms with Gasteiger partial charge in [0.05, 0.1) is 27.2 Å². The maximum absolute atomic E-state index is 13.7. The molecule has 39 heavy (non-hydrogen) atoms. The zero-order valence-electron chi connectivity index (χ0n) is 21.0. The highest BCUT2D eigenvalue weighted by Gasteiger charge is 2.56. The lowest BCUT2D eigenvalue weighted by Crippen LogP contribution is -2.50. The van der Waals surface area contributed by atoms with Gasteiger partial charge in [0, 0.05) is 29.9 Å². The van der Waals surface area contributed by atoms with Crippen LogP contribution in [0.25, 0.3) is 0 Å². The lowest BCUT2D eigenvalue weighted by Gasteiger charge is -2.42. The molecular formula is C27H28ClF3N2O5S. The molecule has 1 unspecified atom stereocenters. The average Bonchev–Trinajstić information content (AvgIpc) is 3.03. The highest BCUT2D eigenvalue weighted by molar-refractivity contribution is 7.92. The zero-order valence-corrected chi connectivity index (χ0v) is 22.6. The fourth-order valence-electron chi connectivity index (χ4n) is 5.64. The predicted octanol–water partition coefficient (Wildman–Crippen LogP) is 4.79. The van der Waals surface area contributed by atoms with Crippen LogP contribution in [0.5, 0.6) is 0 Å². The summed E-state index contributed by atoms with van der Waals surface area (Å²) in [4.78, 5) is 24.8. The van der Waals surface area contributed by atoms with Gasteiger partial charge in [0.15, 0.2) is 27.3 Å². The van der Waals surface area contributed by atoms with Crippen LogP contribution in [0.15, 0.2) is 47.4 Å². The number of aliphatic hydroxyl groups is 1. The first-order chi connectivity index (χ1) is 18.4. The molecule has 2 amide bonds. The Labute approximate surface area is 229 Å². The lowest BCUT2D eigenvalue weighted by atomic mass is 9.72. The second kappa shape index (κ2) is 11.3. The summed E-state index contributed by atoms with van der Waals surface area (Å²) >= 11 is 6.24. The van der Waals surface area contributed by atoms with E-state index in [1.54, 1.807) is 12.2 Å². The monoisotopic (exact) mass is 584 g/mol. The number of carbonyl (C=O) groups excluding carboxylic acids is 2. The molecule has 2 aliphatic carbocycles. The molecule has 0 radical (unpaired) electrons. The van der Waals surface area contributed by atoms with Gasteiger partial charge in [-0.05, 0) is 62.6 Å². The second-order valence-electron chi connectivity index (χ2n) is 10.0. The fraction of sp³-hybridized carbons (Fsp3) is 0.407. The number of anilines is 1. The van der Waals surface area contributed by atoms with E-state index in [9.17, 15) is 36.3 Å². The minimum atomic E-state index is -4.07. The van der Waals surface area contributed by atoms with Crippen LogP contribution in [-0.2, 0) is 14.6 Å². The second-order valence-corrected chi connectivity index (χ2v) is 12.6. The van der Waals surface area contributed by atoms with Crippen LogP contribution < -0.4 is 10.6 Å². The molecule has 0 aliphatic heterocycles. The van der Waals surface area contributed by atoms with Crippen LogP contribution in [0.2, 0.25) is 5.02 Å². The van der Waals surface area contributed by atoms with E-state index >= 15 is 0 Å². The number of benzene rings is 2. The van der Waals surface area contributed by atoms with E-state index in [1.165, 1.54) is 12.1 Å². The largest absolute Gasteiger partial charge is 0.389 e. The van der Waals surface area contributed by atoms with Gasteiger partial charge in [0.25, 0.3) is 5.91 Å². The third-order valence-corrected chi connectivity index (χ3v) is 10.3. The Morgan fingerprint density at radius 3 is 2.31 bits per heavy atom. The van der Waals surface area contributed by atoms with E-state index in [1.807, 2.05) is 6.92 Å². The summed E-state index contributed by atoms with van der Waals surface area (Å²) in [5, 5.41) is 15.3. The van der Waals surface area contributed by atoms with Crippen LogP contribution in [0.1, 0.15) is 49.4 Å². The van der Waals surface area contributed by atoms with E-state index in [2.05, 4.69) is 10.6 Å². The normalized spacial score (nSPS) is 24.6. The lowest BCUT2D eigenvalue weighted by molar-refractivity contribution is -0.132. The molecule has 2 aromatic rings. The first-order valence-corrected chi connectivity index (χ1v) is 14.4. The van der Waals surface area contributed by atoms with Crippen molar-refractivity contribution in [1.29, 1.82) is 0 Å². The SMILES string of the molecule is CC=CCNC(=O)C[C@@]1(O)C2CC[C@H]1C[C@H](S(=O)(=O)c1cc(C(=O)Nc3cc(F)c(F)c(F)c3)ccc1Cl)C2. The Kier molecular flexibility index (Phi) is 8.44. The Hall–Kier alpha value is -2.89. The highest BCUT2D eigenvalue weighted by Crippen LogP contribution is 2.53. The van der Waals surface area contributed by atoms with Crippen molar-refractivity contribution >= 4 is 38.9 Å². The molecule has 3 N–H and O–H groups in total. The summed E-state index contributed by atoms with van der Waals surface area (Å²) < 4.78 is 67.6. The maximum atomic E-state index is 13.7. The van der Waals surface area contributed by atoms with Gasteiger partial charge in [-0.1, -0.05) is 23.8 Å². The van der Waals surface area contributed by atoms with Crippen LogP contribution in [0.4, 0.5) is 18.9 Å². The minimum Gasteiger partial charge on any atom is -0.389 e. The Morgan fingerprint density at radius 1 is 1.10 bits per heavy atom. The average molecular weight is 585 g/mol. The number of rotatable bonds is 8. The Balaban J connectivity index is 1.52. The molecule has 4 rings (SSSR count). The Morgan fingerprint density at radius 2 is 1.72 bits per heavy atom. The van der Waals surface area contributed by atoms with Crippen molar-refractivity contribution in [3.8, 4) is 0 Å². The van der Waals surface area contributed by atoms with Crippen LogP contribution in [0, 0.1) is 29.3 Å². The summed E-state index contributed by atoms with van der Waals surface area (Å²) in [6, 6.07) is 4.77. The van der Waals surface area contributed by atoms with E-state index in [4.69, 9.17) is 11.6 Å². The topological polar surface area (TPSA) is 113 Å². The number of fused-ring (bicyclic) bond motifs is 2. The van der Waals surface area contributed by atoms with Crippen LogP contribution >= 0.6 is 11.6 Å². The molecule has 0 aromatic heterocycles. The van der Waals surface area contributed by atoms with Gasteiger partial charge in [-0.3, -0.25) is 9.59 Å². The number of amides is 2. The van der Waals surface area contributed by atoms with Gasteiger partial charge in [-0.15, -0.1) is 0 Å². The van der Waals surface area contributed by atoms with Gasteiger partial charge >= 0.3 is 0 Å². The molecule has 12 heteroatoms. The summed E-state index contributed by atoms with van der Waals surface area (Å²) in [5.41, 5.74) is -1.80. The number of allylic oxidation sites excluding steroid dienone is 1. The van der Waals surface area contributed by atoms with Crippen molar-refractivity contribution < 1.29 is 36.3 Å². The van der Waals surface area contributed by atoms with Gasteiger partial charge in [0.2, 0.25) is 5.91 Å². The number of nitrogens with one attached hydrogen (secondary N) is 2. The first kappa shape index (κ1) is 29.1. The standard InChI is InChI=1S/C27H28ClF3N2O5S/c1-2-3-8-32-24(34)14-27(36)16-5-6-17(27)11-19(10-16)39(37,38)23-9-15(4-7-20(23)28)26(35)33-18-12-21(29)25(31)22(30)13-18/h2-4,7,9,12-13,16-17,19,36H,5-6,8,10-11,14H2,1H3,(H,32,34)(H,33,35)/t16-,17?,19-,27-/m0/s1. The summed E-state index contributed by atoms with van der Waals surface area (Å²) in [5.74, 6) is -6.67. The molecule has 2 bridgehead atoms. The third kappa shape index (κ3) is 5.85. The molecule has 0 saturated heterocycles. The van der Waals surface area contributed by atoms with Gasteiger partial charge in [-0.25, -0.2) is 21.6 Å². The smallest absolute Gasteiger partial charge is 0.255 e. The molecule has 0 spiro atoms. The quantitative estimate of drug-likeness (QED) is 0.305. The van der Waals surface area contributed by atoms with E-state index in [0.29, 0.717) is 31.5 Å². The summed E-state index contributed by atoms with van der Waals surface area (Å²) in [6.45, 7) is 2.16. The fourth-order valence-corrected chi connectivity index (χ4v) is 8.04. The third-order valence-electron chi connectivity index (χ3n) is 7.65. The number of carbonyl (C=O) groups is 2. The molecule has 210 valence electrons. The van der Waals surface area contributed by atoms with Gasteiger partial charge in [0.1, 0.15) is 0 Å². The van der Waals surface area contributed by atoms with Crippen LogP contribution in [-0.4, -0.2) is 42.7 Å². The zero-order chi connectivity index (χ0) is 28.5. The number of hydrogen-bond donors (Lipinski definition) is 3. The summed E-state index contributed by atoms with van der Waals surface area (Å²) in [7, 11) is -4.07. The highest BCUT2D eigenvalue weighted by atomic mass is 35.5. The minimum absolute atomic E-state index is 0.109. The van der Waals surface area contributed by atoms with Crippen molar-refractivity contribution in [2.24, 2.45) is 11.8 Å². The number of sulfone groups is 1. The maximum Gasteiger partial charge on any atom is 0.255 e. The van der Waals surface area contributed by atoms with Crippen molar-refractivity contribution in [2.75, 3.05) is 11.9 Å². The molecule has 2 aromatic carbocycles. The van der Waals surface area contributed by atoms with Crippen molar-refractivity contribution in [3.63, 3.8) is 0 Å². The molecule has 2 saturated carbocycles.